The van der Waals surface area contributed by atoms with Gasteiger partial charge in [-0.1, -0.05) is 6.07 Å². The van der Waals surface area contributed by atoms with E-state index in [1.807, 2.05) is 12.1 Å². The molecule has 19 heavy (non-hydrogen) atoms. The topological polar surface area (TPSA) is 78.4 Å². The molecule has 0 saturated heterocycles. The first-order chi connectivity index (χ1) is 9.15. The van der Waals surface area contributed by atoms with E-state index in [-0.39, 0.29) is 12.5 Å². The highest BCUT2D eigenvalue weighted by molar-refractivity contribution is 5.89. The van der Waals surface area contributed by atoms with Gasteiger partial charge < -0.3 is 15.7 Å². The SMILES string of the molecule is O=C(O)CCCNC(=O)Nc1ccc2c(c1)CCC2. The molecule has 0 aliphatic heterocycles. The van der Waals surface area contributed by atoms with Gasteiger partial charge in [-0.2, -0.15) is 0 Å². The molecule has 1 aliphatic rings. The second kappa shape index (κ2) is 6.22. The number of hydrogen-bond acceptors (Lipinski definition) is 2. The molecular weight excluding hydrogens is 244 g/mol. The highest BCUT2D eigenvalue weighted by Gasteiger charge is 2.11. The molecule has 0 fully saturated rings. The zero-order chi connectivity index (χ0) is 13.7. The van der Waals surface area contributed by atoms with Crippen LogP contribution in [0.4, 0.5) is 10.5 Å². The second-order valence-corrected chi connectivity index (χ2v) is 4.72. The number of hydrogen-bond donors (Lipinski definition) is 3. The number of aliphatic carboxylic acids is 1. The lowest BCUT2D eigenvalue weighted by Gasteiger charge is -2.08. The molecule has 0 aromatic heterocycles. The van der Waals surface area contributed by atoms with Gasteiger partial charge in [-0.3, -0.25) is 4.79 Å². The Kier molecular flexibility index (Phi) is 4.39. The number of aryl methyl sites for hydroxylation is 2. The van der Waals surface area contributed by atoms with Gasteiger partial charge in [0, 0.05) is 18.7 Å². The Morgan fingerprint density at radius 1 is 1.21 bits per heavy atom. The Labute approximate surface area is 112 Å². The summed E-state index contributed by atoms with van der Waals surface area (Å²) in [5.41, 5.74) is 3.47. The average molecular weight is 262 g/mol. The summed E-state index contributed by atoms with van der Waals surface area (Å²) in [6, 6.07) is 5.69. The number of amides is 2. The summed E-state index contributed by atoms with van der Waals surface area (Å²) < 4.78 is 0. The third-order valence-corrected chi connectivity index (χ3v) is 3.21. The smallest absolute Gasteiger partial charge is 0.319 e. The van der Waals surface area contributed by atoms with E-state index < -0.39 is 5.97 Å². The molecule has 2 amide bonds. The van der Waals surface area contributed by atoms with Crippen LogP contribution in [-0.2, 0) is 17.6 Å². The van der Waals surface area contributed by atoms with Crippen LogP contribution in [0.3, 0.4) is 0 Å². The van der Waals surface area contributed by atoms with Crippen LogP contribution in [0, 0.1) is 0 Å². The van der Waals surface area contributed by atoms with Crippen LogP contribution in [0.5, 0.6) is 0 Å². The van der Waals surface area contributed by atoms with Crippen LogP contribution in [0.25, 0.3) is 0 Å². The molecule has 3 N–H and O–H groups in total. The van der Waals surface area contributed by atoms with E-state index in [4.69, 9.17) is 5.11 Å². The Hall–Kier alpha value is -2.04. The predicted molar refractivity (Wildman–Crippen MR) is 72.4 cm³/mol. The summed E-state index contributed by atoms with van der Waals surface area (Å²) in [6.07, 6.45) is 3.88. The van der Waals surface area contributed by atoms with Crippen molar-refractivity contribution < 1.29 is 14.7 Å². The van der Waals surface area contributed by atoms with Gasteiger partial charge in [0.05, 0.1) is 0 Å². The molecule has 0 bridgehead atoms. The fraction of sp³-hybridized carbons (Fsp3) is 0.429. The number of fused-ring (bicyclic) bond motifs is 1. The van der Waals surface area contributed by atoms with Crippen LogP contribution in [0.15, 0.2) is 18.2 Å². The fourth-order valence-corrected chi connectivity index (χ4v) is 2.27. The largest absolute Gasteiger partial charge is 0.481 e. The number of rotatable bonds is 5. The minimum Gasteiger partial charge on any atom is -0.481 e. The molecule has 5 heteroatoms. The molecule has 0 unspecified atom stereocenters. The van der Waals surface area contributed by atoms with E-state index in [9.17, 15) is 9.59 Å². The summed E-state index contributed by atoms with van der Waals surface area (Å²) in [6.45, 7) is 0.364. The minimum atomic E-state index is -0.846. The van der Waals surface area contributed by atoms with Gasteiger partial charge in [0.1, 0.15) is 0 Å². The lowest BCUT2D eigenvalue weighted by Crippen LogP contribution is -2.29. The number of carbonyl (C=O) groups is 2. The number of urea groups is 1. The Morgan fingerprint density at radius 3 is 2.79 bits per heavy atom. The molecule has 0 heterocycles. The van der Waals surface area contributed by atoms with Gasteiger partial charge in [0.25, 0.3) is 0 Å². The van der Waals surface area contributed by atoms with Crippen molar-refractivity contribution in [3.05, 3.63) is 29.3 Å². The fourth-order valence-electron chi connectivity index (χ4n) is 2.27. The maximum atomic E-state index is 11.6. The van der Waals surface area contributed by atoms with Crippen molar-refractivity contribution in [2.24, 2.45) is 0 Å². The van der Waals surface area contributed by atoms with E-state index in [0.29, 0.717) is 13.0 Å². The van der Waals surface area contributed by atoms with Gasteiger partial charge in [-0.05, 0) is 48.9 Å². The van der Waals surface area contributed by atoms with E-state index in [1.165, 1.54) is 17.5 Å². The summed E-state index contributed by atoms with van der Waals surface area (Å²) in [4.78, 5) is 21.9. The number of carboxylic acid groups (broad SMARTS) is 1. The van der Waals surface area contributed by atoms with E-state index in [0.717, 1.165) is 18.5 Å². The van der Waals surface area contributed by atoms with Crippen LogP contribution in [0.1, 0.15) is 30.4 Å². The molecule has 1 aromatic rings. The Morgan fingerprint density at radius 2 is 2.00 bits per heavy atom. The first kappa shape index (κ1) is 13.4. The molecule has 0 radical (unpaired) electrons. The van der Waals surface area contributed by atoms with Gasteiger partial charge in [0.2, 0.25) is 0 Å². The molecule has 0 atom stereocenters. The number of benzene rings is 1. The van der Waals surface area contributed by atoms with Gasteiger partial charge >= 0.3 is 12.0 Å². The number of carboxylic acids is 1. The zero-order valence-electron chi connectivity index (χ0n) is 10.7. The molecule has 1 aromatic carbocycles. The zero-order valence-corrected chi connectivity index (χ0v) is 10.7. The highest BCUT2D eigenvalue weighted by atomic mass is 16.4. The van der Waals surface area contributed by atoms with Crippen molar-refractivity contribution in [1.29, 1.82) is 0 Å². The number of nitrogens with one attached hydrogen (secondary N) is 2. The number of anilines is 1. The maximum Gasteiger partial charge on any atom is 0.319 e. The minimum absolute atomic E-state index is 0.0686. The first-order valence-electron chi connectivity index (χ1n) is 6.53. The summed E-state index contributed by atoms with van der Waals surface area (Å²) in [5, 5.41) is 13.9. The van der Waals surface area contributed by atoms with E-state index in [2.05, 4.69) is 16.7 Å². The van der Waals surface area contributed by atoms with Crippen molar-refractivity contribution >= 4 is 17.7 Å². The van der Waals surface area contributed by atoms with Crippen LogP contribution in [-0.4, -0.2) is 23.7 Å². The second-order valence-electron chi connectivity index (χ2n) is 4.72. The molecule has 0 saturated carbocycles. The highest BCUT2D eigenvalue weighted by Crippen LogP contribution is 2.24. The monoisotopic (exact) mass is 262 g/mol. The Bertz CT molecular complexity index is 486. The summed E-state index contributed by atoms with van der Waals surface area (Å²) in [5.74, 6) is -0.846. The van der Waals surface area contributed by atoms with E-state index >= 15 is 0 Å². The molecule has 102 valence electrons. The predicted octanol–water partition coefficient (Wildman–Crippen LogP) is 2.16. The van der Waals surface area contributed by atoms with Gasteiger partial charge in [-0.15, -0.1) is 0 Å². The quantitative estimate of drug-likeness (QED) is 0.711. The van der Waals surface area contributed by atoms with Crippen molar-refractivity contribution in [3.8, 4) is 0 Å². The summed E-state index contributed by atoms with van der Waals surface area (Å²) in [7, 11) is 0. The normalized spacial score (nSPS) is 12.8. The third-order valence-electron chi connectivity index (χ3n) is 3.21. The standard InChI is InChI=1S/C14H18N2O3/c17-13(18)5-2-8-15-14(19)16-12-7-6-10-3-1-4-11(10)9-12/h6-7,9H,1-5,8H2,(H,17,18)(H2,15,16,19). The Balaban J connectivity index is 1.77. The maximum absolute atomic E-state index is 11.6. The molecular formula is C14H18N2O3. The van der Waals surface area contributed by atoms with Crippen molar-refractivity contribution in [1.82, 2.24) is 5.32 Å². The van der Waals surface area contributed by atoms with Crippen LogP contribution >= 0.6 is 0 Å². The van der Waals surface area contributed by atoms with Crippen LogP contribution in [0.2, 0.25) is 0 Å². The van der Waals surface area contributed by atoms with Crippen molar-refractivity contribution in [2.75, 3.05) is 11.9 Å². The lowest BCUT2D eigenvalue weighted by molar-refractivity contribution is -0.137. The third kappa shape index (κ3) is 3.98. The van der Waals surface area contributed by atoms with E-state index in [1.54, 1.807) is 0 Å². The lowest BCUT2D eigenvalue weighted by atomic mass is 10.1. The van der Waals surface area contributed by atoms with Crippen molar-refractivity contribution in [2.45, 2.75) is 32.1 Å². The van der Waals surface area contributed by atoms with Gasteiger partial charge in [-0.25, -0.2) is 4.79 Å². The molecule has 1 aliphatic carbocycles. The summed E-state index contributed by atoms with van der Waals surface area (Å²) >= 11 is 0. The molecule has 5 nitrogen and oxygen atoms in total. The van der Waals surface area contributed by atoms with Gasteiger partial charge in [0.15, 0.2) is 0 Å². The molecule has 2 rings (SSSR count). The van der Waals surface area contributed by atoms with Crippen molar-refractivity contribution in [3.63, 3.8) is 0 Å². The van der Waals surface area contributed by atoms with Crippen LogP contribution < -0.4 is 10.6 Å². The average Bonchev–Trinajstić information content (AvgIpc) is 2.82. The molecule has 0 spiro atoms. The number of carbonyl (C=O) groups excluding carboxylic acids is 1. The first-order valence-corrected chi connectivity index (χ1v) is 6.53.